The summed E-state index contributed by atoms with van der Waals surface area (Å²) in [6.45, 7) is 4.76. The molecule has 3 rings (SSSR count). The number of hydrazone groups is 1. The molecule has 1 unspecified atom stereocenters. The van der Waals surface area contributed by atoms with Crippen LogP contribution in [0.1, 0.15) is 19.5 Å². The lowest BCUT2D eigenvalue weighted by molar-refractivity contribution is -0.126. The fraction of sp³-hybridized carbons (Fsp3) is 0.211. The summed E-state index contributed by atoms with van der Waals surface area (Å²) in [4.78, 5) is 32.1. The Bertz CT molecular complexity index is 1190. The summed E-state index contributed by atoms with van der Waals surface area (Å²) in [6, 6.07) is 7.32. The molecule has 0 aliphatic heterocycles. The van der Waals surface area contributed by atoms with Crippen LogP contribution in [0, 0.1) is 12.8 Å². The first-order chi connectivity index (χ1) is 14.1. The van der Waals surface area contributed by atoms with E-state index in [1.807, 2.05) is 0 Å². The third-order valence-electron chi connectivity index (χ3n) is 4.53. The van der Waals surface area contributed by atoms with Gasteiger partial charge in [-0.3, -0.25) is 15.0 Å². The first-order valence-corrected chi connectivity index (χ1v) is 10.4. The maximum atomic E-state index is 12.5. The number of allylic oxidation sites excluding steroid dienone is 2. The van der Waals surface area contributed by atoms with Crippen molar-refractivity contribution < 1.29 is 18.0 Å². The number of nitrogens with one attached hydrogen (secondary N) is 2. The number of benzene rings is 1. The number of ketones is 2. The zero-order chi connectivity index (χ0) is 22.1. The number of anilines is 2. The number of sulfonamides is 1. The number of nitrogens with two attached hydrogens (primary N) is 1. The molecule has 1 aromatic heterocycles. The van der Waals surface area contributed by atoms with Crippen LogP contribution >= 0.6 is 0 Å². The molecule has 11 heteroatoms. The normalized spacial score (nSPS) is 18.6. The second-order valence-electron chi connectivity index (χ2n) is 6.71. The molecular formula is C19H20N6O4S. The molecule has 1 atom stereocenters. The van der Waals surface area contributed by atoms with Crippen molar-refractivity contribution in [3.8, 4) is 0 Å². The molecule has 1 aliphatic carbocycles. The highest BCUT2D eigenvalue weighted by Gasteiger charge is 2.35. The van der Waals surface area contributed by atoms with Gasteiger partial charge in [-0.25, -0.2) is 23.1 Å². The van der Waals surface area contributed by atoms with Gasteiger partial charge in [0.15, 0.2) is 17.3 Å². The molecule has 0 radical (unpaired) electrons. The molecule has 10 nitrogen and oxygen atoms in total. The largest absolute Gasteiger partial charge is 0.396 e. The molecule has 0 bridgehead atoms. The minimum atomic E-state index is -3.88. The van der Waals surface area contributed by atoms with E-state index in [4.69, 9.17) is 5.73 Å². The number of hydrogen-bond acceptors (Lipinski definition) is 9. The van der Waals surface area contributed by atoms with Gasteiger partial charge < -0.3 is 5.73 Å². The monoisotopic (exact) mass is 428 g/mol. The van der Waals surface area contributed by atoms with Crippen LogP contribution in [0.25, 0.3) is 0 Å². The lowest BCUT2D eigenvalue weighted by atomic mass is 9.85. The first-order valence-electron chi connectivity index (χ1n) is 8.91. The van der Waals surface area contributed by atoms with E-state index >= 15 is 0 Å². The Morgan fingerprint density at radius 3 is 2.37 bits per heavy atom. The number of nitrogens with zero attached hydrogens (tertiary/aromatic N) is 3. The van der Waals surface area contributed by atoms with Crippen molar-refractivity contribution in [1.82, 2.24) is 9.97 Å². The average Bonchev–Trinajstić information content (AvgIpc) is 2.71. The highest BCUT2D eigenvalue weighted by molar-refractivity contribution is 7.92. The molecule has 0 saturated heterocycles. The van der Waals surface area contributed by atoms with Crippen LogP contribution in [0.2, 0.25) is 0 Å². The fourth-order valence-electron chi connectivity index (χ4n) is 2.71. The third kappa shape index (κ3) is 4.20. The number of Topliss-reactive ketones (excluding diaryl/α,β-unsaturated/α-hetero) is 2. The molecule has 2 aromatic rings. The number of carbonyl (C=O) groups excluding carboxylic acids is 2. The molecule has 1 aliphatic rings. The second-order valence-corrected chi connectivity index (χ2v) is 8.39. The van der Waals surface area contributed by atoms with Crippen molar-refractivity contribution >= 4 is 38.9 Å². The number of aryl methyl sites for hydroxylation is 1. The van der Waals surface area contributed by atoms with E-state index in [0.717, 1.165) is 0 Å². The maximum absolute atomic E-state index is 12.5. The van der Waals surface area contributed by atoms with E-state index in [0.29, 0.717) is 11.4 Å². The molecule has 0 saturated carbocycles. The predicted molar refractivity (Wildman–Crippen MR) is 111 cm³/mol. The fourth-order valence-corrected chi connectivity index (χ4v) is 3.66. The standard InChI is InChI=1S/C19H20N6O4S/c1-10-8-9-21-19(22-10)25-30(28,29)14-6-4-13(5-7-14)23-24-16-15(20)11(2)17(26)12(3)18(16)27/h4-9,12,23H,20H2,1-3H3,(H,21,22,25)/b24-16-. The van der Waals surface area contributed by atoms with Crippen LogP contribution in [0.15, 0.2) is 57.8 Å². The van der Waals surface area contributed by atoms with E-state index in [-0.39, 0.29) is 33.6 Å². The van der Waals surface area contributed by atoms with Crippen LogP contribution in [0.5, 0.6) is 0 Å². The summed E-state index contributed by atoms with van der Waals surface area (Å²) in [5.41, 5.74) is 9.86. The van der Waals surface area contributed by atoms with Gasteiger partial charge in [0, 0.05) is 17.5 Å². The van der Waals surface area contributed by atoms with Gasteiger partial charge in [0.05, 0.1) is 22.2 Å². The Morgan fingerprint density at radius 2 is 1.73 bits per heavy atom. The molecule has 1 heterocycles. The SMILES string of the molecule is CC1=C(N)/C(=N/Nc2ccc(S(=O)(=O)Nc3nccc(C)n3)cc2)C(=O)C(C)C1=O. The molecule has 1 aromatic carbocycles. The molecule has 0 fully saturated rings. The molecule has 30 heavy (non-hydrogen) atoms. The Kier molecular flexibility index (Phi) is 5.65. The summed E-state index contributed by atoms with van der Waals surface area (Å²) >= 11 is 0. The van der Waals surface area contributed by atoms with Gasteiger partial charge in [0.25, 0.3) is 10.0 Å². The van der Waals surface area contributed by atoms with Crippen LogP contribution in [-0.4, -0.2) is 35.7 Å². The number of rotatable bonds is 5. The Balaban J connectivity index is 1.78. The number of hydrogen-bond donors (Lipinski definition) is 3. The lowest BCUT2D eigenvalue weighted by Crippen LogP contribution is -2.39. The van der Waals surface area contributed by atoms with E-state index in [9.17, 15) is 18.0 Å². The van der Waals surface area contributed by atoms with Crippen LogP contribution < -0.4 is 15.9 Å². The van der Waals surface area contributed by atoms with Gasteiger partial charge in [0.1, 0.15) is 0 Å². The highest BCUT2D eigenvalue weighted by Crippen LogP contribution is 2.20. The zero-order valence-electron chi connectivity index (χ0n) is 16.5. The summed E-state index contributed by atoms with van der Waals surface area (Å²) in [5, 5.41) is 4.02. The van der Waals surface area contributed by atoms with Crippen molar-refractivity contribution in [2.24, 2.45) is 16.8 Å². The van der Waals surface area contributed by atoms with Crippen molar-refractivity contribution in [2.45, 2.75) is 25.7 Å². The minimum absolute atomic E-state index is 0.00553. The molecule has 0 spiro atoms. The van der Waals surface area contributed by atoms with Crippen LogP contribution in [0.4, 0.5) is 11.6 Å². The van der Waals surface area contributed by atoms with Crippen molar-refractivity contribution in [3.05, 3.63) is 53.5 Å². The average molecular weight is 428 g/mol. The van der Waals surface area contributed by atoms with Crippen molar-refractivity contribution in [1.29, 1.82) is 0 Å². The summed E-state index contributed by atoms with van der Waals surface area (Å²) in [7, 11) is -3.88. The number of carbonyl (C=O) groups is 2. The van der Waals surface area contributed by atoms with Gasteiger partial charge >= 0.3 is 0 Å². The summed E-state index contributed by atoms with van der Waals surface area (Å²) in [5.74, 6) is -1.67. The number of aromatic nitrogens is 2. The first kappa shape index (κ1) is 21.1. The van der Waals surface area contributed by atoms with Gasteiger partial charge in [-0.2, -0.15) is 5.10 Å². The van der Waals surface area contributed by atoms with Gasteiger partial charge in [-0.1, -0.05) is 0 Å². The highest BCUT2D eigenvalue weighted by atomic mass is 32.2. The van der Waals surface area contributed by atoms with E-state index in [1.165, 1.54) is 37.4 Å². The topological polar surface area (TPSA) is 156 Å². The van der Waals surface area contributed by atoms with E-state index in [1.54, 1.807) is 19.9 Å². The summed E-state index contributed by atoms with van der Waals surface area (Å²) in [6.07, 6.45) is 1.45. The Hall–Kier alpha value is -3.60. The third-order valence-corrected chi connectivity index (χ3v) is 5.87. The quantitative estimate of drug-likeness (QED) is 0.476. The smallest absolute Gasteiger partial charge is 0.264 e. The summed E-state index contributed by atoms with van der Waals surface area (Å²) < 4.78 is 27.3. The zero-order valence-corrected chi connectivity index (χ0v) is 17.3. The predicted octanol–water partition coefficient (Wildman–Crippen LogP) is 1.37. The second kappa shape index (κ2) is 8.03. The molecular weight excluding hydrogens is 408 g/mol. The maximum Gasteiger partial charge on any atom is 0.264 e. The minimum Gasteiger partial charge on any atom is -0.396 e. The van der Waals surface area contributed by atoms with Crippen molar-refractivity contribution in [3.63, 3.8) is 0 Å². The van der Waals surface area contributed by atoms with Gasteiger partial charge in [0.2, 0.25) is 5.95 Å². The Morgan fingerprint density at radius 1 is 1.07 bits per heavy atom. The van der Waals surface area contributed by atoms with Crippen LogP contribution in [0.3, 0.4) is 0 Å². The van der Waals surface area contributed by atoms with Crippen molar-refractivity contribution in [2.75, 3.05) is 10.1 Å². The van der Waals surface area contributed by atoms with Gasteiger partial charge in [-0.15, -0.1) is 0 Å². The molecule has 4 N–H and O–H groups in total. The van der Waals surface area contributed by atoms with Crippen LogP contribution in [-0.2, 0) is 19.6 Å². The van der Waals surface area contributed by atoms with E-state index < -0.39 is 21.7 Å². The van der Waals surface area contributed by atoms with E-state index in [2.05, 4.69) is 25.2 Å². The Labute approximate surface area is 173 Å². The lowest BCUT2D eigenvalue weighted by Gasteiger charge is -2.19. The molecule has 156 valence electrons. The molecule has 0 amide bonds. The van der Waals surface area contributed by atoms with Gasteiger partial charge in [-0.05, 0) is 51.1 Å².